The average Bonchev–Trinajstić information content (AvgIpc) is 3.17. The van der Waals surface area contributed by atoms with Crippen LogP contribution in [-0.4, -0.2) is 61.0 Å². The molecule has 1 unspecified atom stereocenters. The van der Waals surface area contributed by atoms with Gasteiger partial charge in [-0.1, -0.05) is 5.57 Å². The van der Waals surface area contributed by atoms with Crippen molar-refractivity contribution >= 4 is 23.3 Å². The molecule has 5 rings (SSSR count). The minimum absolute atomic E-state index is 0.209. The third-order valence-electron chi connectivity index (χ3n) is 6.85. The van der Waals surface area contributed by atoms with Crippen molar-refractivity contribution in [1.82, 2.24) is 10.3 Å². The van der Waals surface area contributed by atoms with E-state index in [9.17, 15) is 9.59 Å². The number of carbonyl (C=O) groups excluding carboxylic acids is 2. The molecule has 8 nitrogen and oxygen atoms in total. The Hall–Kier alpha value is -3.52. The number of dihydropyridines is 1. The van der Waals surface area contributed by atoms with Crippen molar-refractivity contribution in [3.8, 4) is 16.9 Å². The molecule has 1 fully saturated rings. The number of pyridine rings is 1. The number of nitrogens with zero attached hydrogens (tertiary/aromatic N) is 3. The minimum Gasteiger partial charge on any atom is -0.487 e. The SMILES string of the molecule is CC1=CC(C)=NC(=O)C1CNC(=O)c1cc2c(c(-c3ccc(N4CCOCC4)nc3)c1)OC(C)(C)C2. The number of carbonyl (C=O) groups is 2. The molecule has 188 valence electrons. The van der Waals surface area contributed by atoms with Crippen LogP contribution in [0.5, 0.6) is 5.75 Å². The fourth-order valence-electron chi connectivity index (χ4n) is 5.04. The van der Waals surface area contributed by atoms with E-state index in [4.69, 9.17) is 14.5 Å². The molecule has 8 heteroatoms. The number of aliphatic imine (C=N–C) groups is 1. The molecule has 1 saturated heterocycles. The Balaban J connectivity index is 1.40. The number of anilines is 1. The van der Waals surface area contributed by atoms with Gasteiger partial charge in [0.1, 0.15) is 17.2 Å². The largest absolute Gasteiger partial charge is 0.487 e. The first-order chi connectivity index (χ1) is 17.2. The average molecular weight is 489 g/mol. The van der Waals surface area contributed by atoms with Crippen LogP contribution in [0.4, 0.5) is 5.82 Å². The Morgan fingerprint density at radius 2 is 1.97 bits per heavy atom. The Morgan fingerprint density at radius 1 is 1.19 bits per heavy atom. The first kappa shape index (κ1) is 24.2. The fourth-order valence-corrected chi connectivity index (χ4v) is 5.04. The van der Waals surface area contributed by atoms with Crippen molar-refractivity contribution in [2.45, 2.75) is 39.7 Å². The van der Waals surface area contributed by atoms with Gasteiger partial charge in [0.05, 0.1) is 19.1 Å². The summed E-state index contributed by atoms with van der Waals surface area (Å²) >= 11 is 0. The number of rotatable bonds is 5. The van der Waals surface area contributed by atoms with Crippen LogP contribution in [0.2, 0.25) is 0 Å². The summed E-state index contributed by atoms with van der Waals surface area (Å²) < 4.78 is 11.7. The molecule has 0 saturated carbocycles. The number of hydrogen-bond donors (Lipinski definition) is 1. The summed E-state index contributed by atoms with van der Waals surface area (Å²) in [5.41, 5.74) is 4.50. The highest BCUT2D eigenvalue weighted by atomic mass is 16.5. The van der Waals surface area contributed by atoms with Gasteiger partial charge in [-0.15, -0.1) is 0 Å². The lowest BCUT2D eigenvalue weighted by molar-refractivity contribution is -0.120. The normalized spacial score (nSPS) is 20.8. The highest BCUT2D eigenvalue weighted by Crippen LogP contribution is 2.43. The zero-order valence-corrected chi connectivity index (χ0v) is 21.3. The number of amides is 2. The van der Waals surface area contributed by atoms with E-state index in [2.05, 4.69) is 15.2 Å². The van der Waals surface area contributed by atoms with E-state index in [-0.39, 0.29) is 24.0 Å². The number of allylic oxidation sites excluding steroid dienone is 1. The van der Waals surface area contributed by atoms with E-state index in [1.54, 1.807) is 6.92 Å². The second kappa shape index (κ2) is 9.50. The van der Waals surface area contributed by atoms with Crippen LogP contribution in [0.25, 0.3) is 11.1 Å². The van der Waals surface area contributed by atoms with E-state index >= 15 is 0 Å². The number of morpholine rings is 1. The molecule has 1 aromatic carbocycles. The predicted octanol–water partition coefficient (Wildman–Crippen LogP) is 3.59. The highest BCUT2D eigenvalue weighted by Gasteiger charge is 2.33. The molecule has 1 atom stereocenters. The standard InChI is InChI=1S/C28H32N4O4/c1-17-11-18(2)31-27(34)23(17)16-30-26(33)20-12-21-14-28(3,4)36-25(21)22(13-20)19-5-6-24(29-15-19)32-7-9-35-10-8-32/h5-6,11-13,15,23H,7-10,14,16H2,1-4H3,(H,30,33). The van der Waals surface area contributed by atoms with Gasteiger partial charge in [-0.25, -0.2) is 9.98 Å². The van der Waals surface area contributed by atoms with Crippen molar-refractivity contribution in [2.75, 3.05) is 37.7 Å². The molecule has 4 heterocycles. The molecular weight excluding hydrogens is 456 g/mol. The lowest BCUT2D eigenvalue weighted by Gasteiger charge is -2.27. The lowest BCUT2D eigenvalue weighted by atomic mass is 9.94. The summed E-state index contributed by atoms with van der Waals surface area (Å²) in [6, 6.07) is 7.78. The Morgan fingerprint density at radius 3 is 2.67 bits per heavy atom. The van der Waals surface area contributed by atoms with E-state index in [0.29, 0.717) is 30.9 Å². The summed E-state index contributed by atoms with van der Waals surface area (Å²) in [5.74, 6) is 0.819. The molecule has 0 spiro atoms. The van der Waals surface area contributed by atoms with E-state index < -0.39 is 5.92 Å². The molecule has 3 aliphatic heterocycles. The second-order valence-corrected chi connectivity index (χ2v) is 10.3. The third-order valence-corrected chi connectivity index (χ3v) is 6.85. The first-order valence-corrected chi connectivity index (χ1v) is 12.4. The maximum absolute atomic E-state index is 13.2. The smallest absolute Gasteiger partial charge is 0.254 e. The number of ether oxygens (including phenoxy) is 2. The van der Waals surface area contributed by atoms with Gasteiger partial charge in [-0.3, -0.25) is 9.59 Å². The van der Waals surface area contributed by atoms with Crippen LogP contribution in [0, 0.1) is 5.92 Å². The van der Waals surface area contributed by atoms with Crippen molar-refractivity contribution in [3.63, 3.8) is 0 Å². The first-order valence-electron chi connectivity index (χ1n) is 12.4. The number of hydrogen-bond acceptors (Lipinski definition) is 6. The van der Waals surface area contributed by atoms with Crippen LogP contribution in [0.15, 0.2) is 47.1 Å². The third kappa shape index (κ3) is 4.91. The number of benzene rings is 1. The van der Waals surface area contributed by atoms with Gasteiger partial charge in [-0.05, 0) is 63.6 Å². The van der Waals surface area contributed by atoms with Gasteiger partial charge in [0.2, 0.25) is 0 Å². The topological polar surface area (TPSA) is 93.1 Å². The highest BCUT2D eigenvalue weighted by molar-refractivity contribution is 6.06. The molecule has 2 aromatic rings. The molecule has 1 aromatic heterocycles. The lowest BCUT2D eigenvalue weighted by Crippen LogP contribution is -2.36. The van der Waals surface area contributed by atoms with Crippen LogP contribution >= 0.6 is 0 Å². The summed E-state index contributed by atoms with van der Waals surface area (Å²) in [7, 11) is 0. The van der Waals surface area contributed by atoms with Crippen molar-refractivity contribution in [3.05, 3.63) is 53.2 Å². The zero-order valence-electron chi connectivity index (χ0n) is 21.3. The van der Waals surface area contributed by atoms with Crippen LogP contribution in [-0.2, 0) is 16.0 Å². The van der Waals surface area contributed by atoms with Gasteiger partial charge < -0.3 is 19.7 Å². The van der Waals surface area contributed by atoms with Gasteiger partial charge >= 0.3 is 0 Å². The molecule has 0 aliphatic carbocycles. The van der Waals surface area contributed by atoms with Crippen molar-refractivity contribution in [2.24, 2.45) is 10.9 Å². The van der Waals surface area contributed by atoms with Gasteiger partial charge in [0, 0.05) is 54.7 Å². The molecule has 3 aliphatic rings. The predicted molar refractivity (Wildman–Crippen MR) is 139 cm³/mol. The summed E-state index contributed by atoms with van der Waals surface area (Å²) in [6.07, 6.45) is 4.43. The monoisotopic (exact) mass is 488 g/mol. The van der Waals surface area contributed by atoms with Crippen LogP contribution in [0.1, 0.15) is 43.6 Å². The Labute approximate surface area is 211 Å². The maximum Gasteiger partial charge on any atom is 0.254 e. The summed E-state index contributed by atoms with van der Waals surface area (Å²) in [6.45, 7) is 11.0. The quantitative estimate of drug-likeness (QED) is 0.692. The van der Waals surface area contributed by atoms with Gasteiger partial charge in [-0.2, -0.15) is 0 Å². The molecule has 1 N–H and O–H groups in total. The van der Waals surface area contributed by atoms with Gasteiger partial charge in [0.25, 0.3) is 11.8 Å². The molecule has 36 heavy (non-hydrogen) atoms. The van der Waals surface area contributed by atoms with Crippen LogP contribution in [0.3, 0.4) is 0 Å². The van der Waals surface area contributed by atoms with Crippen molar-refractivity contribution in [1.29, 1.82) is 0 Å². The maximum atomic E-state index is 13.2. The van der Waals surface area contributed by atoms with E-state index in [0.717, 1.165) is 46.9 Å². The zero-order chi connectivity index (χ0) is 25.4. The number of aromatic nitrogens is 1. The molecule has 0 bridgehead atoms. The minimum atomic E-state index is -0.439. The number of fused-ring (bicyclic) bond motifs is 1. The molecule has 0 radical (unpaired) electrons. The summed E-state index contributed by atoms with van der Waals surface area (Å²) in [5, 5.41) is 2.94. The fraction of sp³-hybridized carbons (Fsp3) is 0.429. The number of nitrogens with one attached hydrogen (secondary N) is 1. The van der Waals surface area contributed by atoms with Crippen LogP contribution < -0.4 is 15.0 Å². The Kier molecular flexibility index (Phi) is 6.38. The second-order valence-electron chi connectivity index (χ2n) is 10.3. The molecule has 2 amide bonds. The summed E-state index contributed by atoms with van der Waals surface area (Å²) in [4.78, 5) is 36.5. The molecular formula is C28H32N4O4. The van der Waals surface area contributed by atoms with Crippen molar-refractivity contribution < 1.29 is 19.1 Å². The van der Waals surface area contributed by atoms with Gasteiger partial charge in [0.15, 0.2) is 0 Å². The Bertz CT molecular complexity index is 1260. The van der Waals surface area contributed by atoms with E-state index in [1.165, 1.54) is 0 Å². The van der Waals surface area contributed by atoms with E-state index in [1.807, 2.05) is 57.3 Å².